The summed E-state index contributed by atoms with van der Waals surface area (Å²) in [6.45, 7) is 1.55. The van der Waals surface area contributed by atoms with Crippen LogP contribution in [0.15, 0.2) is 54.9 Å². The van der Waals surface area contributed by atoms with Gasteiger partial charge in [-0.3, -0.25) is 0 Å². The van der Waals surface area contributed by atoms with E-state index in [-0.39, 0.29) is 5.91 Å². The van der Waals surface area contributed by atoms with E-state index in [1.165, 1.54) is 11.1 Å². The first-order chi connectivity index (χ1) is 7.75. The second kappa shape index (κ2) is 4.71. The van der Waals surface area contributed by atoms with Crippen LogP contribution in [0.1, 0.15) is 22.8 Å². The predicted octanol–water partition coefficient (Wildman–Crippen LogP) is 2.23. The molecule has 0 radical (unpaired) electrons. The zero-order valence-electron chi connectivity index (χ0n) is 9.26. The van der Waals surface area contributed by atoms with Crippen LogP contribution < -0.4 is 4.57 Å². The van der Waals surface area contributed by atoms with E-state index in [9.17, 15) is 4.79 Å². The van der Waals surface area contributed by atoms with Gasteiger partial charge in [0, 0.05) is 12.1 Å². The lowest BCUT2D eigenvalue weighted by Crippen LogP contribution is -2.39. The molecule has 0 atom stereocenters. The maximum Gasteiger partial charge on any atom is 0.389 e. The highest BCUT2D eigenvalue weighted by molar-refractivity contribution is 5.63. The van der Waals surface area contributed by atoms with Crippen LogP contribution >= 0.6 is 0 Å². The molecular weight excluding hydrogens is 198 g/mol. The van der Waals surface area contributed by atoms with Crippen molar-refractivity contribution in [1.82, 2.24) is 0 Å². The number of benzene rings is 1. The average molecular weight is 212 g/mol. The highest BCUT2D eigenvalue weighted by Gasteiger charge is 2.05. The van der Waals surface area contributed by atoms with Crippen molar-refractivity contribution >= 4 is 5.91 Å². The van der Waals surface area contributed by atoms with Gasteiger partial charge in [-0.1, -0.05) is 30.3 Å². The summed E-state index contributed by atoms with van der Waals surface area (Å²) in [5, 5.41) is 0. The molecule has 0 saturated carbocycles. The van der Waals surface area contributed by atoms with Gasteiger partial charge in [0.15, 0.2) is 12.4 Å². The van der Waals surface area contributed by atoms with Gasteiger partial charge in [-0.2, -0.15) is 0 Å². The lowest BCUT2D eigenvalue weighted by Gasteiger charge is -1.99. The quantitative estimate of drug-likeness (QED) is 0.699. The Bertz CT molecular complexity index is 474. The minimum Gasteiger partial charge on any atom is -0.220 e. The van der Waals surface area contributed by atoms with Crippen LogP contribution in [0.3, 0.4) is 0 Å². The van der Waals surface area contributed by atoms with Gasteiger partial charge in [-0.15, -0.1) is 4.57 Å². The van der Waals surface area contributed by atoms with Crippen LogP contribution in [-0.4, -0.2) is 5.91 Å². The molecule has 0 bridgehead atoms. The Balaban J connectivity index is 2.14. The van der Waals surface area contributed by atoms with Crippen molar-refractivity contribution in [3.63, 3.8) is 0 Å². The lowest BCUT2D eigenvalue weighted by molar-refractivity contribution is -0.572. The van der Waals surface area contributed by atoms with E-state index in [1.807, 2.05) is 30.3 Å². The first-order valence-electron chi connectivity index (χ1n) is 5.31. The van der Waals surface area contributed by atoms with Gasteiger partial charge in [0.25, 0.3) is 0 Å². The molecule has 2 nitrogen and oxygen atoms in total. The van der Waals surface area contributed by atoms with Crippen LogP contribution in [0.25, 0.3) is 0 Å². The SMILES string of the molecule is CC(=O)[n+]1ccc(Cc2ccccc2)cc1. The second-order valence-corrected chi connectivity index (χ2v) is 3.80. The van der Waals surface area contributed by atoms with Gasteiger partial charge >= 0.3 is 5.91 Å². The van der Waals surface area contributed by atoms with Crippen molar-refractivity contribution in [1.29, 1.82) is 0 Å². The van der Waals surface area contributed by atoms with E-state index < -0.39 is 0 Å². The monoisotopic (exact) mass is 212 g/mol. The Morgan fingerprint density at radius 2 is 1.56 bits per heavy atom. The number of carbonyl (C=O) groups excluding carboxylic acids is 1. The first-order valence-corrected chi connectivity index (χ1v) is 5.31. The van der Waals surface area contributed by atoms with Gasteiger partial charge in [-0.05, 0) is 17.5 Å². The molecule has 0 aliphatic rings. The maximum absolute atomic E-state index is 11.1. The number of hydrogen-bond acceptors (Lipinski definition) is 1. The first kappa shape index (κ1) is 10.6. The largest absolute Gasteiger partial charge is 0.389 e. The summed E-state index contributed by atoms with van der Waals surface area (Å²) in [4.78, 5) is 11.1. The van der Waals surface area contributed by atoms with Crippen LogP contribution in [0.2, 0.25) is 0 Å². The molecule has 1 heterocycles. The van der Waals surface area contributed by atoms with Gasteiger partial charge in [0.05, 0.1) is 6.92 Å². The molecule has 0 spiro atoms. The summed E-state index contributed by atoms with van der Waals surface area (Å²) in [6, 6.07) is 14.3. The maximum atomic E-state index is 11.1. The van der Waals surface area contributed by atoms with E-state index >= 15 is 0 Å². The number of rotatable bonds is 2. The smallest absolute Gasteiger partial charge is 0.220 e. The van der Waals surface area contributed by atoms with Crippen molar-refractivity contribution < 1.29 is 9.36 Å². The van der Waals surface area contributed by atoms with Crippen LogP contribution in [-0.2, 0) is 6.42 Å². The Labute approximate surface area is 95.2 Å². The van der Waals surface area contributed by atoms with Crippen LogP contribution in [0.4, 0.5) is 0 Å². The van der Waals surface area contributed by atoms with Gasteiger partial charge in [-0.25, -0.2) is 4.79 Å². The Morgan fingerprint density at radius 3 is 2.12 bits per heavy atom. The van der Waals surface area contributed by atoms with Crippen molar-refractivity contribution in [2.24, 2.45) is 0 Å². The third-order valence-corrected chi connectivity index (χ3v) is 2.51. The Morgan fingerprint density at radius 1 is 1.00 bits per heavy atom. The van der Waals surface area contributed by atoms with E-state index in [2.05, 4.69) is 12.1 Å². The predicted molar refractivity (Wildman–Crippen MR) is 62.2 cm³/mol. The highest BCUT2D eigenvalue weighted by Crippen LogP contribution is 2.06. The van der Waals surface area contributed by atoms with E-state index in [1.54, 1.807) is 23.9 Å². The summed E-state index contributed by atoms with van der Waals surface area (Å²) < 4.78 is 1.58. The van der Waals surface area contributed by atoms with Gasteiger partial charge < -0.3 is 0 Å². The van der Waals surface area contributed by atoms with E-state index in [0.717, 1.165) is 6.42 Å². The lowest BCUT2D eigenvalue weighted by atomic mass is 10.1. The molecule has 0 unspecified atom stereocenters. The van der Waals surface area contributed by atoms with Crippen LogP contribution in [0, 0.1) is 0 Å². The Hall–Kier alpha value is -1.96. The molecule has 0 aliphatic heterocycles. The molecule has 2 aromatic rings. The second-order valence-electron chi connectivity index (χ2n) is 3.80. The molecular formula is C14H14NO+. The molecule has 0 saturated heterocycles. The third kappa shape index (κ3) is 2.54. The topological polar surface area (TPSA) is 20.9 Å². The molecule has 2 heteroatoms. The number of aromatic nitrogens is 1. The van der Waals surface area contributed by atoms with Gasteiger partial charge in [0.1, 0.15) is 0 Å². The van der Waals surface area contributed by atoms with Gasteiger partial charge in [0.2, 0.25) is 0 Å². The van der Waals surface area contributed by atoms with E-state index in [4.69, 9.17) is 0 Å². The third-order valence-electron chi connectivity index (χ3n) is 2.51. The summed E-state index contributed by atoms with van der Waals surface area (Å²) >= 11 is 0. The van der Waals surface area contributed by atoms with Crippen molar-refractivity contribution in [2.45, 2.75) is 13.3 Å². The molecule has 0 amide bonds. The standard InChI is InChI=1S/C14H14NO/c1-12(16)15-9-7-14(8-10-15)11-13-5-3-2-4-6-13/h2-10H,11H2,1H3/q+1. The molecule has 80 valence electrons. The molecule has 1 aromatic carbocycles. The zero-order valence-corrected chi connectivity index (χ0v) is 9.26. The molecule has 0 fully saturated rings. The number of carbonyl (C=O) groups is 1. The summed E-state index contributed by atoms with van der Waals surface area (Å²) in [7, 11) is 0. The summed E-state index contributed by atoms with van der Waals surface area (Å²) in [5.74, 6) is 0.0336. The summed E-state index contributed by atoms with van der Waals surface area (Å²) in [6.07, 6.45) is 4.51. The number of hydrogen-bond donors (Lipinski definition) is 0. The van der Waals surface area contributed by atoms with Crippen molar-refractivity contribution in [3.05, 3.63) is 66.0 Å². The zero-order chi connectivity index (χ0) is 11.4. The molecule has 1 aromatic heterocycles. The van der Waals surface area contributed by atoms with Crippen molar-refractivity contribution in [2.75, 3.05) is 0 Å². The summed E-state index contributed by atoms with van der Waals surface area (Å²) in [5.41, 5.74) is 2.49. The molecule has 0 N–H and O–H groups in total. The normalized spacial score (nSPS) is 10.1. The highest BCUT2D eigenvalue weighted by atomic mass is 16.1. The van der Waals surface area contributed by atoms with Crippen molar-refractivity contribution in [3.8, 4) is 0 Å². The molecule has 16 heavy (non-hydrogen) atoms. The average Bonchev–Trinajstić information content (AvgIpc) is 2.31. The fraction of sp³-hybridized carbons (Fsp3) is 0.143. The molecule has 0 aliphatic carbocycles. The number of nitrogens with zero attached hydrogens (tertiary/aromatic N) is 1. The minimum absolute atomic E-state index is 0.0336. The molecule has 2 rings (SSSR count). The fourth-order valence-corrected chi connectivity index (χ4v) is 1.62. The van der Waals surface area contributed by atoms with Crippen LogP contribution in [0.5, 0.6) is 0 Å². The Kier molecular flexibility index (Phi) is 3.10. The number of pyridine rings is 1. The minimum atomic E-state index is 0.0336. The van der Waals surface area contributed by atoms with E-state index in [0.29, 0.717) is 0 Å². The fourth-order valence-electron chi connectivity index (χ4n) is 1.62.